The number of hydrogen-bond donors (Lipinski definition) is 1. The van der Waals surface area contributed by atoms with Gasteiger partial charge in [0.05, 0.1) is 18.4 Å². The number of ether oxygens (including phenoxy) is 3. The molecule has 0 bridgehead atoms. The van der Waals surface area contributed by atoms with Crippen LogP contribution in [0, 0.1) is 6.92 Å². The number of carbonyl (C=O) groups excluding carboxylic acids is 3. The molecule has 1 aromatic rings. The first-order valence-corrected chi connectivity index (χ1v) is 6.86. The molecule has 0 radical (unpaired) electrons. The third kappa shape index (κ3) is 3.50. The van der Waals surface area contributed by atoms with Crippen LogP contribution in [0.3, 0.4) is 0 Å². The van der Waals surface area contributed by atoms with Crippen molar-refractivity contribution in [3.05, 3.63) is 41.1 Å². The molecule has 0 atom stereocenters. The van der Waals surface area contributed by atoms with Crippen molar-refractivity contribution in [1.29, 1.82) is 0 Å². The van der Waals surface area contributed by atoms with Crippen molar-refractivity contribution in [3.63, 3.8) is 0 Å². The van der Waals surface area contributed by atoms with E-state index in [2.05, 4.69) is 5.32 Å². The van der Waals surface area contributed by atoms with Gasteiger partial charge in [-0.15, -0.1) is 0 Å². The smallest absolute Gasteiger partial charge is 0.350 e. The Kier molecular flexibility index (Phi) is 4.40. The van der Waals surface area contributed by atoms with Crippen LogP contribution in [0.2, 0.25) is 0 Å². The summed E-state index contributed by atoms with van der Waals surface area (Å²) in [6, 6.07) is 5.04. The van der Waals surface area contributed by atoms with Crippen molar-refractivity contribution < 1.29 is 28.6 Å². The summed E-state index contributed by atoms with van der Waals surface area (Å²) in [4.78, 5) is 35.5. The van der Waals surface area contributed by atoms with Gasteiger partial charge in [0.15, 0.2) is 5.57 Å². The molecule has 0 unspecified atom stereocenters. The first-order chi connectivity index (χ1) is 10.7. The van der Waals surface area contributed by atoms with Gasteiger partial charge in [-0.05, 0) is 18.6 Å². The zero-order valence-electron chi connectivity index (χ0n) is 13.3. The number of rotatable bonds is 3. The number of methoxy groups -OCH3 is 1. The summed E-state index contributed by atoms with van der Waals surface area (Å²) < 4.78 is 14.7. The lowest BCUT2D eigenvalue weighted by Gasteiger charge is -2.29. The van der Waals surface area contributed by atoms with Crippen LogP contribution in [0.15, 0.2) is 30.0 Å². The monoisotopic (exact) mass is 319 g/mol. The largest absolute Gasteiger partial charge is 0.465 e. The Morgan fingerprint density at radius 1 is 1.22 bits per heavy atom. The standard InChI is InChI=1S/C16H17NO6/c1-9-6-5-7-10(13(18)21-4)12(9)17-8-11-14(19)22-16(2,3)23-15(11)20/h5-8,17H,1-4H3. The Morgan fingerprint density at radius 3 is 2.39 bits per heavy atom. The molecule has 2 rings (SSSR count). The van der Waals surface area contributed by atoms with Crippen LogP contribution < -0.4 is 5.32 Å². The molecule has 0 aliphatic carbocycles. The number of cyclic esters (lactones) is 2. The molecule has 23 heavy (non-hydrogen) atoms. The molecule has 7 nitrogen and oxygen atoms in total. The Balaban J connectivity index is 2.32. The van der Waals surface area contributed by atoms with Crippen LogP contribution in [0.25, 0.3) is 0 Å². The average Bonchev–Trinajstić information content (AvgIpc) is 2.45. The highest BCUT2D eigenvalue weighted by molar-refractivity contribution is 6.15. The molecule has 0 aromatic heterocycles. The van der Waals surface area contributed by atoms with Gasteiger partial charge < -0.3 is 19.5 Å². The fraction of sp³-hybridized carbons (Fsp3) is 0.312. The van der Waals surface area contributed by atoms with Crippen LogP contribution in [0.5, 0.6) is 0 Å². The van der Waals surface area contributed by atoms with E-state index in [9.17, 15) is 14.4 Å². The van der Waals surface area contributed by atoms with E-state index in [0.717, 1.165) is 11.8 Å². The quantitative estimate of drug-likeness (QED) is 0.517. The van der Waals surface area contributed by atoms with E-state index in [0.29, 0.717) is 5.69 Å². The number of benzene rings is 1. The molecule has 7 heteroatoms. The van der Waals surface area contributed by atoms with Gasteiger partial charge >= 0.3 is 17.9 Å². The van der Waals surface area contributed by atoms with E-state index >= 15 is 0 Å². The van der Waals surface area contributed by atoms with Gasteiger partial charge in [0, 0.05) is 20.0 Å². The van der Waals surface area contributed by atoms with E-state index in [4.69, 9.17) is 14.2 Å². The van der Waals surface area contributed by atoms with Crippen LogP contribution in [0.4, 0.5) is 5.69 Å². The van der Waals surface area contributed by atoms with Crippen molar-refractivity contribution in [2.75, 3.05) is 12.4 Å². The third-order valence-electron chi connectivity index (χ3n) is 3.16. The zero-order valence-corrected chi connectivity index (χ0v) is 13.3. The minimum Gasteiger partial charge on any atom is -0.465 e. The summed E-state index contributed by atoms with van der Waals surface area (Å²) in [5.74, 6) is -3.44. The molecule has 1 aliphatic rings. The van der Waals surface area contributed by atoms with Crippen LogP contribution in [0.1, 0.15) is 29.8 Å². The highest BCUT2D eigenvalue weighted by atomic mass is 16.7. The number of esters is 3. The van der Waals surface area contributed by atoms with Gasteiger partial charge in [-0.2, -0.15) is 0 Å². The normalized spacial score (nSPS) is 16.3. The maximum atomic E-state index is 11.9. The lowest BCUT2D eigenvalue weighted by Crippen LogP contribution is -2.42. The van der Waals surface area contributed by atoms with Crippen molar-refractivity contribution in [2.24, 2.45) is 0 Å². The number of carbonyl (C=O) groups is 3. The maximum absolute atomic E-state index is 11.9. The van der Waals surface area contributed by atoms with Gasteiger partial charge in [0.25, 0.3) is 5.79 Å². The second kappa shape index (κ2) is 6.12. The Labute approximate surface area is 133 Å². The highest BCUT2D eigenvalue weighted by Crippen LogP contribution is 2.25. The van der Waals surface area contributed by atoms with Gasteiger partial charge in [0.1, 0.15) is 0 Å². The molecule has 1 aromatic carbocycles. The first-order valence-electron chi connectivity index (χ1n) is 6.86. The molecular weight excluding hydrogens is 302 g/mol. The molecular formula is C16H17NO6. The van der Waals surface area contributed by atoms with Crippen molar-refractivity contribution in [3.8, 4) is 0 Å². The van der Waals surface area contributed by atoms with E-state index in [1.54, 1.807) is 25.1 Å². The fourth-order valence-corrected chi connectivity index (χ4v) is 2.06. The number of nitrogens with one attached hydrogen (secondary N) is 1. The maximum Gasteiger partial charge on any atom is 0.350 e. The molecule has 1 aliphatic heterocycles. The molecule has 0 amide bonds. The number of anilines is 1. The molecule has 1 saturated heterocycles. The molecule has 0 saturated carbocycles. The Morgan fingerprint density at radius 2 is 1.83 bits per heavy atom. The lowest BCUT2D eigenvalue weighted by molar-refractivity contribution is -0.222. The second-order valence-corrected chi connectivity index (χ2v) is 5.37. The summed E-state index contributed by atoms with van der Waals surface area (Å²) >= 11 is 0. The zero-order chi connectivity index (χ0) is 17.2. The molecule has 1 N–H and O–H groups in total. The third-order valence-corrected chi connectivity index (χ3v) is 3.16. The summed E-state index contributed by atoms with van der Waals surface area (Å²) in [7, 11) is 1.27. The number of hydrogen-bond acceptors (Lipinski definition) is 7. The Bertz CT molecular complexity index is 683. The van der Waals surface area contributed by atoms with Gasteiger partial charge in [0.2, 0.25) is 0 Å². The molecule has 1 fully saturated rings. The molecule has 0 spiro atoms. The molecule has 122 valence electrons. The van der Waals surface area contributed by atoms with Crippen LogP contribution >= 0.6 is 0 Å². The number of aryl methyl sites for hydroxylation is 1. The van der Waals surface area contributed by atoms with Crippen LogP contribution in [-0.4, -0.2) is 30.8 Å². The first kappa shape index (κ1) is 16.5. The van der Waals surface area contributed by atoms with Crippen molar-refractivity contribution in [2.45, 2.75) is 26.6 Å². The summed E-state index contributed by atoms with van der Waals surface area (Å²) in [5.41, 5.74) is 1.16. The average molecular weight is 319 g/mol. The fourth-order valence-electron chi connectivity index (χ4n) is 2.06. The molecule has 1 heterocycles. The van der Waals surface area contributed by atoms with Gasteiger partial charge in [-0.25, -0.2) is 14.4 Å². The predicted octanol–water partition coefficient (Wildman–Crippen LogP) is 1.91. The van der Waals surface area contributed by atoms with E-state index in [1.165, 1.54) is 21.0 Å². The SMILES string of the molecule is COC(=O)c1cccc(C)c1NC=C1C(=O)OC(C)(C)OC1=O. The Hall–Kier alpha value is -2.83. The minimum atomic E-state index is -1.30. The van der Waals surface area contributed by atoms with Gasteiger partial charge in [-0.3, -0.25) is 0 Å². The van der Waals surface area contributed by atoms with Gasteiger partial charge in [-0.1, -0.05) is 12.1 Å². The number of para-hydroxylation sites is 1. The minimum absolute atomic E-state index is 0.280. The highest BCUT2D eigenvalue weighted by Gasteiger charge is 2.39. The lowest BCUT2D eigenvalue weighted by atomic mass is 10.1. The van der Waals surface area contributed by atoms with E-state index in [1.807, 2.05) is 0 Å². The summed E-state index contributed by atoms with van der Waals surface area (Å²) in [6.07, 6.45) is 1.16. The topological polar surface area (TPSA) is 90.9 Å². The van der Waals surface area contributed by atoms with Crippen molar-refractivity contribution >= 4 is 23.6 Å². The van der Waals surface area contributed by atoms with Crippen LogP contribution in [-0.2, 0) is 23.8 Å². The summed E-state index contributed by atoms with van der Waals surface area (Å²) in [5, 5.41) is 2.79. The predicted molar refractivity (Wildman–Crippen MR) is 80.5 cm³/mol. The second-order valence-electron chi connectivity index (χ2n) is 5.37. The van der Waals surface area contributed by atoms with E-state index in [-0.39, 0.29) is 11.1 Å². The van der Waals surface area contributed by atoms with Crippen molar-refractivity contribution in [1.82, 2.24) is 0 Å². The van der Waals surface area contributed by atoms with E-state index < -0.39 is 23.7 Å². The summed E-state index contributed by atoms with van der Waals surface area (Å²) in [6.45, 7) is 4.70.